The Bertz CT molecular complexity index is 410. The highest BCUT2D eigenvalue weighted by molar-refractivity contribution is 6.30. The highest BCUT2D eigenvalue weighted by Gasteiger charge is 2.31. The van der Waals surface area contributed by atoms with Crippen molar-refractivity contribution in [2.45, 2.75) is 12.5 Å². The lowest BCUT2D eigenvalue weighted by molar-refractivity contribution is -0.117. The van der Waals surface area contributed by atoms with Crippen molar-refractivity contribution < 1.29 is 15.0 Å². The maximum absolute atomic E-state index is 11.4. The van der Waals surface area contributed by atoms with Crippen molar-refractivity contribution in [3.05, 3.63) is 17.3 Å². The van der Waals surface area contributed by atoms with Crippen LogP contribution in [0.3, 0.4) is 0 Å². The molecule has 0 aromatic carbocycles. The van der Waals surface area contributed by atoms with E-state index in [2.05, 4.69) is 4.98 Å². The van der Waals surface area contributed by atoms with Crippen molar-refractivity contribution in [3.8, 4) is 5.75 Å². The summed E-state index contributed by atoms with van der Waals surface area (Å²) >= 11 is 5.61. The number of anilines is 1. The average Bonchev–Trinajstić information content (AvgIpc) is 2.45. The van der Waals surface area contributed by atoms with E-state index in [4.69, 9.17) is 11.6 Å². The van der Waals surface area contributed by atoms with Gasteiger partial charge in [-0.2, -0.15) is 0 Å². The zero-order chi connectivity index (χ0) is 11.0. The lowest BCUT2D eigenvalue weighted by Gasteiger charge is -2.15. The first-order valence-electron chi connectivity index (χ1n) is 4.41. The van der Waals surface area contributed by atoms with Gasteiger partial charge in [-0.15, -0.1) is 0 Å². The molecule has 5 nitrogen and oxygen atoms in total. The van der Waals surface area contributed by atoms with E-state index in [1.165, 1.54) is 17.2 Å². The number of halogens is 1. The quantitative estimate of drug-likeness (QED) is 0.736. The van der Waals surface area contributed by atoms with Crippen LogP contribution in [-0.4, -0.2) is 33.8 Å². The molecule has 1 amide bonds. The zero-order valence-electron chi connectivity index (χ0n) is 7.72. The number of carbonyl (C=O) groups excluding carboxylic acids is 1. The molecular formula is C9H9ClN2O3. The lowest BCUT2D eigenvalue weighted by atomic mass is 10.3. The van der Waals surface area contributed by atoms with Crippen LogP contribution in [0, 0.1) is 0 Å². The van der Waals surface area contributed by atoms with Crippen LogP contribution in [-0.2, 0) is 4.79 Å². The summed E-state index contributed by atoms with van der Waals surface area (Å²) in [5.41, 5.74) is 0. The van der Waals surface area contributed by atoms with Gasteiger partial charge < -0.3 is 10.2 Å². The largest absolute Gasteiger partial charge is 0.504 e. The van der Waals surface area contributed by atoms with Crippen LogP contribution in [0.5, 0.6) is 5.75 Å². The lowest BCUT2D eigenvalue weighted by Crippen LogP contribution is -2.26. The number of β-amino-alcohol motifs (C(OH)–C–C–N with tert-alkyl or cyclic N) is 1. The molecule has 1 aromatic rings. The Morgan fingerprint density at radius 1 is 1.60 bits per heavy atom. The molecule has 15 heavy (non-hydrogen) atoms. The highest BCUT2D eigenvalue weighted by atomic mass is 35.5. The second kappa shape index (κ2) is 3.67. The summed E-state index contributed by atoms with van der Waals surface area (Å²) in [7, 11) is 0. The number of aliphatic hydroxyl groups is 1. The molecule has 2 heterocycles. The third-order valence-electron chi connectivity index (χ3n) is 2.17. The van der Waals surface area contributed by atoms with Gasteiger partial charge in [-0.1, -0.05) is 11.6 Å². The summed E-state index contributed by atoms with van der Waals surface area (Å²) in [6.45, 7) is 0.154. The fourth-order valence-electron chi connectivity index (χ4n) is 1.52. The predicted octanol–water partition coefficient (Wildman–Crippen LogP) is 0.538. The fraction of sp³-hybridized carbons (Fsp3) is 0.333. The van der Waals surface area contributed by atoms with Gasteiger partial charge in [0.2, 0.25) is 5.91 Å². The van der Waals surface area contributed by atoms with Gasteiger partial charge in [0, 0.05) is 12.3 Å². The molecule has 1 aliphatic rings. The summed E-state index contributed by atoms with van der Waals surface area (Å²) in [5, 5.41) is 19.1. The van der Waals surface area contributed by atoms with Gasteiger partial charge in [0.25, 0.3) is 0 Å². The number of aliphatic hydroxyl groups excluding tert-OH is 1. The number of pyridine rings is 1. The maximum atomic E-state index is 11.4. The van der Waals surface area contributed by atoms with Gasteiger partial charge in [-0.25, -0.2) is 4.98 Å². The minimum Gasteiger partial charge on any atom is -0.504 e. The summed E-state index contributed by atoms with van der Waals surface area (Å²) < 4.78 is 0. The van der Waals surface area contributed by atoms with Crippen molar-refractivity contribution in [2.75, 3.05) is 11.4 Å². The highest BCUT2D eigenvalue weighted by Crippen LogP contribution is 2.30. The van der Waals surface area contributed by atoms with Crippen molar-refractivity contribution in [1.82, 2.24) is 4.98 Å². The average molecular weight is 229 g/mol. The van der Waals surface area contributed by atoms with Gasteiger partial charge in [0.15, 0.2) is 11.6 Å². The number of hydrogen-bond acceptors (Lipinski definition) is 4. The third kappa shape index (κ3) is 1.88. The van der Waals surface area contributed by atoms with Crippen LogP contribution in [0.15, 0.2) is 12.3 Å². The molecule has 80 valence electrons. The van der Waals surface area contributed by atoms with Gasteiger partial charge in [-0.05, 0) is 0 Å². The third-order valence-corrected chi connectivity index (χ3v) is 2.38. The van der Waals surface area contributed by atoms with Gasteiger partial charge in [0.05, 0.1) is 24.1 Å². The Balaban J connectivity index is 2.34. The minimum absolute atomic E-state index is 0.0593. The van der Waals surface area contributed by atoms with Crippen LogP contribution < -0.4 is 4.90 Å². The van der Waals surface area contributed by atoms with Crippen molar-refractivity contribution in [1.29, 1.82) is 0 Å². The second-order valence-corrected chi connectivity index (χ2v) is 3.79. The molecule has 0 aliphatic carbocycles. The standard InChI is InChI=1S/C9H9ClN2O3/c10-5-1-7(14)9(11-3-5)12-4-6(13)2-8(12)15/h1,3,6,13-14H,2,4H2. The summed E-state index contributed by atoms with van der Waals surface area (Å²) in [5.74, 6) is -0.279. The Morgan fingerprint density at radius 3 is 2.87 bits per heavy atom. The van der Waals surface area contributed by atoms with E-state index in [0.29, 0.717) is 5.02 Å². The van der Waals surface area contributed by atoms with E-state index in [-0.39, 0.29) is 30.4 Å². The Morgan fingerprint density at radius 2 is 2.33 bits per heavy atom. The summed E-state index contributed by atoms with van der Waals surface area (Å²) in [6.07, 6.45) is 0.701. The molecule has 0 spiro atoms. The van der Waals surface area contributed by atoms with Gasteiger partial charge in [-0.3, -0.25) is 9.69 Å². The molecule has 2 N–H and O–H groups in total. The van der Waals surface area contributed by atoms with E-state index in [1.807, 2.05) is 0 Å². The normalized spacial score (nSPS) is 21.1. The molecule has 0 saturated carbocycles. The van der Waals surface area contributed by atoms with Crippen molar-refractivity contribution in [3.63, 3.8) is 0 Å². The molecule has 1 fully saturated rings. The summed E-state index contributed by atoms with van der Waals surface area (Å²) in [6, 6.07) is 1.31. The molecule has 6 heteroatoms. The van der Waals surface area contributed by atoms with Crippen LogP contribution in [0.4, 0.5) is 5.82 Å². The van der Waals surface area contributed by atoms with Crippen LogP contribution in [0.1, 0.15) is 6.42 Å². The first-order chi connectivity index (χ1) is 7.08. The number of amides is 1. The molecule has 1 aliphatic heterocycles. The fourth-order valence-corrected chi connectivity index (χ4v) is 1.67. The van der Waals surface area contributed by atoms with Gasteiger partial charge in [0.1, 0.15) is 0 Å². The first kappa shape index (κ1) is 10.2. The minimum atomic E-state index is -0.700. The first-order valence-corrected chi connectivity index (χ1v) is 4.78. The van der Waals surface area contributed by atoms with E-state index >= 15 is 0 Å². The summed E-state index contributed by atoms with van der Waals surface area (Å²) in [4.78, 5) is 16.5. The van der Waals surface area contributed by atoms with Crippen molar-refractivity contribution >= 4 is 23.3 Å². The molecule has 1 aromatic heterocycles. The monoisotopic (exact) mass is 228 g/mol. The predicted molar refractivity (Wildman–Crippen MR) is 53.9 cm³/mol. The number of aromatic hydroxyl groups is 1. The number of hydrogen-bond donors (Lipinski definition) is 2. The Kier molecular flexibility index (Phi) is 2.50. The molecule has 1 unspecified atom stereocenters. The number of aromatic nitrogens is 1. The van der Waals surface area contributed by atoms with Crippen LogP contribution >= 0.6 is 11.6 Å². The second-order valence-electron chi connectivity index (χ2n) is 3.36. The van der Waals surface area contributed by atoms with Crippen molar-refractivity contribution in [2.24, 2.45) is 0 Å². The van der Waals surface area contributed by atoms with E-state index in [9.17, 15) is 15.0 Å². The molecule has 1 saturated heterocycles. The Hall–Kier alpha value is -1.33. The van der Waals surface area contributed by atoms with E-state index in [0.717, 1.165) is 0 Å². The van der Waals surface area contributed by atoms with E-state index in [1.54, 1.807) is 0 Å². The SMILES string of the molecule is O=C1CC(O)CN1c1ncc(Cl)cc1O. The topological polar surface area (TPSA) is 73.7 Å². The number of carbonyl (C=O) groups is 1. The smallest absolute Gasteiger partial charge is 0.231 e. The molecule has 2 rings (SSSR count). The van der Waals surface area contributed by atoms with Gasteiger partial charge >= 0.3 is 0 Å². The Labute approximate surface area is 90.9 Å². The van der Waals surface area contributed by atoms with Crippen LogP contribution in [0.25, 0.3) is 0 Å². The maximum Gasteiger partial charge on any atom is 0.231 e. The number of nitrogens with zero attached hydrogens (tertiary/aromatic N) is 2. The number of rotatable bonds is 1. The molecule has 1 atom stereocenters. The molecule has 0 bridgehead atoms. The van der Waals surface area contributed by atoms with Crippen LogP contribution in [0.2, 0.25) is 5.02 Å². The zero-order valence-corrected chi connectivity index (χ0v) is 8.48. The molecular weight excluding hydrogens is 220 g/mol. The van der Waals surface area contributed by atoms with E-state index < -0.39 is 6.10 Å². The molecule has 0 radical (unpaired) electrons.